The minimum atomic E-state index is 0.0887. The molecule has 4 rings (SSSR count). The van der Waals surface area contributed by atoms with E-state index < -0.39 is 0 Å². The van der Waals surface area contributed by atoms with Gasteiger partial charge in [0.05, 0.1) is 5.54 Å². The largest absolute Gasteiger partial charge is 0.302 e. The molecule has 0 aromatic heterocycles. The van der Waals surface area contributed by atoms with Gasteiger partial charge in [-0.15, -0.1) is 23.5 Å². The highest BCUT2D eigenvalue weighted by molar-refractivity contribution is 8.18. The SMILES string of the molecule is c1ccc(C2(C3(c4ccccc4)SCCCS3)CN2)cc1. The van der Waals surface area contributed by atoms with Gasteiger partial charge in [0, 0.05) is 6.54 Å². The van der Waals surface area contributed by atoms with E-state index in [1.165, 1.54) is 29.1 Å². The molecule has 2 fully saturated rings. The lowest BCUT2D eigenvalue weighted by atomic mass is 9.90. The summed E-state index contributed by atoms with van der Waals surface area (Å²) >= 11 is 4.26. The molecule has 1 unspecified atom stereocenters. The van der Waals surface area contributed by atoms with Crippen LogP contribution in [-0.2, 0) is 9.62 Å². The molecule has 0 aliphatic carbocycles. The Kier molecular flexibility index (Phi) is 3.52. The number of hydrogen-bond donors (Lipinski definition) is 1. The van der Waals surface area contributed by atoms with Crippen molar-refractivity contribution in [2.24, 2.45) is 0 Å². The predicted molar refractivity (Wildman–Crippen MR) is 93.8 cm³/mol. The summed E-state index contributed by atoms with van der Waals surface area (Å²) in [5.41, 5.74) is 2.97. The summed E-state index contributed by atoms with van der Waals surface area (Å²) in [6, 6.07) is 22.1. The summed E-state index contributed by atoms with van der Waals surface area (Å²) in [6.45, 7) is 1.08. The van der Waals surface area contributed by atoms with Gasteiger partial charge >= 0.3 is 0 Å². The zero-order valence-corrected chi connectivity index (χ0v) is 13.6. The zero-order chi connectivity index (χ0) is 14.2. The molecule has 0 spiro atoms. The average molecular weight is 313 g/mol. The maximum absolute atomic E-state index is 3.73. The Hall–Kier alpha value is -0.900. The van der Waals surface area contributed by atoms with Crippen molar-refractivity contribution in [3.05, 3.63) is 71.8 Å². The Morgan fingerprint density at radius 1 is 0.762 bits per heavy atom. The van der Waals surface area contributed by atoms with E-state index in [0.717, 1.165) is 6.54 Å². The Morgan fingerprint density at radius 2 is 1.29 bits per heavy atom. The van der Waals surface area contributed by atoms with Crippen LogP contribution in [-0.4, -0.2) is 18.1 Å². The van der Waals surface area contributed by atoms with Crippen LogP contribution in [0.4, 0.5) is 0 Å². The summed E-state index contributed by atoms with van der Waals surface area (Å²) in [5, 5.41) is 3.73. The molecule has 0 radical (unpaired) electrons. The predicted octanol–water partition coefficient (Wildman–Crippen LogP) is 4.21. The fraction of sp³-hybridized carbons (Fsp3) is 0.333. The van der Waals surface area contributed by atoms with Crippen molar-refractivity contribution < 1.29 is 0 Å². The molecule has 0 bridgehead atoms. The van der Waals surface area contributed by atoms with Crippen LogP contribution in [0.3, 0.4) is 0 Å². The molecule has 1 N–H and O–H groups in total. The van der Waals surface area contributed by atoms with Crippen molar-refractivity contribution in [2.45, 2.75) is 16.0 Å². The molecule has 2 aliphatic rings. The first-order valence-electron chi connectivity index (χ1n) is 7.51. The highest BCUT2D eigenvalue weighted by Crippen LogP contribution is 2.63. The van der Waals surface area contributed by atoms with Gasteiger partial charge < -0.3 is 5.32 Å². The Bertz CT molecular complexity index is 602. The third-order valence-corrected chi connectivity index (χ3v) is 8.09. The second-order valence-corrected chi connectivity index (χ2v) is 8.54. The lowest BCUT2D eigenvalue weighted by Crippen LogP contribution is -2.39. The van der Waals surface area contributed by atoms with Gasteiger partial charge in [0.15, 0.2) is 0 Å². The van der Waals surface area contributed by atoms with Crippen LogP contribution in [0.25, 0.3) is 0 Å². The Balaban J connectivity index is 1.84. The summed E-state index contributed by atoms with van der Waals surface area (Å²) in [4.78, 5) is 0. The first kappa shape index (κ1) is 13.7. The Morgan fingerprint density at radius 3 is 1.81 bits per heavy atom. The smallest absolute Gasteiger partial charge is 0.110 e. The van der Waals surface area contributed by atoms with Gasteiger partial charge in [-0.3, -0.25) is 0 Å². The van der Waals surface area contributed by atoms with Crippen LogP contribution in [0.15, 0.2) is 60.7 Å². The van der Waals surface area contributed by atoms with Crippen molar-refractivity contribution >= 4 is 23.5 Å². The van der Waals surface area contributed by atoms with E-state index in [4.69, 9.17) is 0 Å². The van der Waals surface area contributed by atoms with Gasteiger partial charge in [-0.2, -0.15) is 0 Å². The van der Waals surface area contributed by atoms with Gasteiger partial charge in [-0.1, -0.05) is 60.7 Å². The van der Waals surface area contributed by atoms with Crippen LogP contribution < -0.4 is 5.32 Å². The van der Waals surface area contributed by atoms with Crippen LogP contribution in [0.2, 0.25) is 0 Å². The summed E-state index contributed by atoms with van der Waals surface area (Å²) < 4.78 is 0.105. The fourth-order valence-electron chi connectivity index (χ4n) is 3.29. The van der Waals surface area contributed by atoms with Gasteiger partial charge in [-0.25, -0.2) is 0 Å². The van der Waals surface area contributed by atoms with E-state index in [2.05, 4.69) is 89.5 Å². The van der Waals surface area contributed by atoms with E-state index in [-0.39, 0.29) is 9.62 Å². The van der Waals surface area contributed by atoms with Gasteiger partial charge in [-0.05, 0) is 29.1 Å². The molecular formula is C18H19NS2. The minimum absolute atomic E-state index is 0.0887. The highest BCUT2D eigenvalue weighted by Gasteiger charge is 2.62. The van der Waals surface area contributed by atoms with E-state index >= 15 is 0 Å². The summed E-state index contributed by atoms with van der Waals surface area (Å²) in [6.07, 6.45) is 1.31. The monoisotopic (exact) mass is 313 g/mol. The van der Waals surface area contributed by atoms with Gasteiger partial charge in [0.2, 0.25) is 0 Å². The molecule has 2 aliphatic heterocycles. The van der Waals surface area contributed by atoms with Crippen LogP contribution >= 0.6 is 23.5 Å². The van der Waals surface area contributed by atoms with Gasteiger partial charge in [0.25, 0.3) is 0 Å². The molecule has 0 saturated carbocycles. The number of nitrogens with one attached hydrogen (secondary N) is 1. The third kappa shape index (κ3) is 2.14. The van der Waals surface area contributed by atoms with E-state index in [1.807, 2.05) is 0 Å². The zero-order valence-electron chi connectivity index (χ0n) is 11.9. The number of hydrogen-bond acceptors (Lipinski definition) is 3. The normalized spacial score (nSPS) is 27.2. The number of thioether (sulfide) groups is 2. The van der Waals surface area contributed by atoms with Crippen molar-refractivity contribution in [3.63, 3.8) is 0 Å². The van der Waals surface area contributed by atoms with E-state index in [1.54, 1.807) is 0 Å². The topological polar surface area (TPSA) is 21.9 Å². The molecule has 1 nitrogen and oxygen atoms in total. The molecule has 2 aromatic rings. The molecule has 21 heavy (non-hydrogen) atoms. The van der Waals surface area contributed by atoms with Crippen molar-refractivity contribution in [1.29, 1.82) is 0 Å². The lowest BCUT2D eigenvalue weighted by molar-refractivity contribution is 0.607. The molecule has 2 aromatic carbocycles. The third-order valence-electron chi connectivity index (χ3n) is 4.41. The standard InChI is InChI=1S/C18H19NS2/c1-3-8-15(9-4-1)17(14-19-17)18(20-12-7-13-21-18)16-10-5-2-6-11-16/h1-6,8-11,19H,7,12-14H2. The second-order valence-electron chi connectivity index (χ2n) is 5.66. The molecule has 2 heterocycles. The second kappa shape index (κ2) is 5.38. The van der Waals surface area contributed by atoms with Crippen LogP contribution in [0.5, 0.6) is 0 Å². The first-order valence-corrected chi connectivity index (χ1v) is 9.49. The quantitative estimate of drug-likeness (QED) is 0.858. The Labute approximate surface area is 134 Å². The van der Waals surface area contributed by atoms with Crippen LogP contribution in [0.1, 0.15) is 17.5 Å². The molecular weight excluding hydrogens is 294 g/mol. The number of benzene rings is 2. The lowest BCUT2D eigenvalue weighted by Gasteiger charge is -2.43. The maximum Gasteiger partial charge on any atom is 0.110 e. The number of rotatable bonds is 3. The molecule has 108 valence electrons. The van der Waals surface area contributed by atoms with Crippen LogP contribution in [0, 0.1) is 0 Å². The molecule has 3 heteroatoms. The summed E-state index contributed by atoms with van der Waals surface area (Å²) in [7, 11) is 0. The molecule has 2 saturated heterocycles. The van der Waals surface area contributed by atoms with Crippen molar-refractivity contribution in [2.75, 3.05) is 18.1 Å². The average Bonchev–Trinajstić information content (AvgIpc) is 3.39. The molecule has 0 amide bonds. The molecule has 1 atom stereocenters. The maximum atomic E-state index is 3.73. The fourth-order valence-corrected chi connectivity index (χ4v) is 7.08. The van der Waals surface area contributed by atoms with Crippen molar-refractivity contribution in [3.8, 4) is 0 Å². The first-order chi connectivity index (χ1) is 10.4. The van der Waals surface area contributed by atoms with E-state index in [9.17, 15) is 0 Å². The van der Waals surface area contributed by atoms with Crippen molar-refractivity contribution in [1.82, 2.24) is 5.32 Å². The van der Waals surface area contributed by atoms with Gasteiger partial charge in [0.1, 0.15) is 4.08 Å². The highest BCUT2D eigenvalue weighted by atomic mass is 32.2. The summed E-state index contributed by atoms with van der Waals surface area (Å²) in [5.74, 6) is 2.50. The minimum Gasteiger partial charge on any atom is -0.302 e. The van der Waals surface area contributed by atoms with E-state index in [0.29, 0.717) is 0 Å².